The van der Waals surface area contributed by atoms with Crippen LogP contribution in [0.4, 0.5) is 4.39 Å². The van der Waals surface area contributed by atoms with Crippen molar-refractivity contribution in [1.29, 1.82) is 0 Å². The summed E-state index contributed by atoms with van der Waals surface area (Å²) in [5, 5.41) is 0. The van der Waals surface area contributed by atoms with E-state index in [0.29, 0.717) is 6.04 Å². The Labute approximate surface area is 147 Å². The van der Waals surface area contributed by atoms with Crippen LogP contribution in [0.1, 0.15) is 18.3 Å². The SMILES string of the molecule is Fc1ccc(-c2nc3n(c2-c2ccncc2)[C@H](CI)CC3)cc1. The van der Waals surface area contributed by atoms with Crippen molar-refractivity contribution >= 4 is 22.6 Å². The molecule has 23 heavy (non-hydrogen) atoms. The molecule has 1 atom stereocenters. The van der Waals surface area contributed by atoms with Crippen LogP contribution in [0.25, 0.3) is 22.5 Å². The van der Waals surface area contributed by atoms with Crippen LogP contribution in [0.2, 0.25) is 0 Å². The maximum atomic E-state index is 13.3. The molecule has 0 fully saturated rings. The van der Waals surface area contributed by atoms with E-state index in [4.69, 9.17) is 4.98 Å². The number of aromatic nitrogens is 3. The molecule has 0 bridgehead atoms. The number of fused-ring (bicyclic) bond motifs is 1. The third-order valence-corrected chi connectivity index (χ3v) is 5.32. The highest BCUT2D eigenvalue weighted by Crippen LogP contribution is 2.40. The molecule has 3 heterocycles. The molecule has 0 aliphatic carbocycles. The van der Waals surface area contributed by atoms with Crippen molar-refractivity contribution in [1.82, 2.24) is 14.5 Å². The average molecular weight is 419 g/mol. The molecule has 0 N–H and O–H groups in total. The lowest BCUT2D eigenvalue weighted by molar-refractivity contribution is 0.603. The Hall–Kier alpha value is -1.76. The van der Waals surface area contributed by atoms with Gasteiger partial charge in [-0.25, -0.2) is 9.37 Å². The Kier molecular flexibility index (Phi) is 3.88. The van der Waals surface area contributed by atoms with Gasteiger partial charge in [-0.2, -0.15) is 0 Å². The van der Waals surface area contributed by atoms with Crippen LogP contribution in [0.3, 0.4) is 0 Å². The van der Waals surface area contributed by atoms with Crippen LogP contribution < -0.4 is 0 Å². The van der Waals surface area contributed by atoms with E-state index in [0.717, 1.165) is 45.6 Å². The summed E-state index contributed by atoms with van der Waals surface area (Å²) in [7, 11) is 0. The van der Waals surface area contributed by atoms with E-state index in [2.05, 4.69) is 32.1 Å². The van der Waals surface area contributed by atoms with Gasteiger partial charge in [0.1, 0.15) is 11.6 Å². The topological polar surface area (TPSA) is 30.7 Å². The highest BCUT2D eigenvalue weighted by molar-refractivity contribution is 14.1. The van der Waals surface area contributed by atoms with Gasteiger partial charge in [0.05, 0.1) is 11.4 Å². The van der Waals surface area contributed by atoms with E-state index in [9.17, 15) is 4.39 Å². The second-order valence-corrected chi connectivity index (χ2v) is 6.57. The monoisotopic (exact) mass is 419 g/mol. The van der Waals surface area contributed by atoms with E-state index in [1.807, 2.05) is 12.1 Å². The minimum absolute atomic E-state index is 0.226. The highest BCUT2D eigenvalue weighted by Gasteiger charge is 2.29. The predicted octanol–water partition coefficient (Wildman–Crippen LogP) is 4.67. The molecule has 4 rings (SSSR count). The maximum absolute atomic E-state index is 13.3. The van der Waals surface area contributed by atoms with Gasteiger partial charge < -0.3 is 4.57 Å². The Morgan fingerprint density at radius 1 is 1.09 bits per heavy atom. The summed E-state index contributed by atoms with van der Waals surface area (Å²) in [4.78, 5) is 9.00. The first-order chi connectivity index (χ1) is 11.3. The maximum Gasteiger partial charge on any atom is 0.123 e. The van der Waals surface area contributed by atoms with Gasteiger partial charge in [0, 0.05) is 40.4 Å². The zero-order valence-electron chi connectivity index (χ0n) is 12.4. The van der Waals surface area contributed by atoms with Crippen LogP contribution in [0, 0.1) is 5.82 Å². The van der Waals surface area contributed by atoms with Crippen molar-refractivity contribution in [3.8, 4) is 22.5 Å². The van der Waals surface area contributed by atoms with E-state index < -0.39 is 0 Å². The van der Waals surface area contributed by atoms with E-state index in [-0.39, 0.29) is 5.82 Å². The molecule has 1 aliphatic rings. The van der Waals surface area contributed by atoms with Gasteiger partial charge in [-0.15, -0.1) is 0 Å². The molecular weight excluding hydrogens is 404 g/mol. The van der Waals surface area contributed by atoms with Crippen molar-refractivity contribution in [3.63, 3.8) is 0 Å². The van der Waals surface area contributed by atoms with Gasteiger partial charge in [-0.3, -0.25) is 4.98 Å². The number of benzene rings is 1. The molecule has 0 amide bonds. The minimum Gasteiger partial charge on any atom is -0.324 e. The van der Waals surface area contributed by atoms with Crippen molar-refractivity contribution < 1.29 is 4.39 Å². The lowest BCUT2D eigenvalue weighted by Crippen LogP contribution is -2.07. The van der Waals surface area contributed by atoms with Crippen molar-refractivity contribution in [2.45, 2.75) is 18.9 Å². The normalized spacial score (nSPS) is 16.5. The molecule has 1 aromatic carbocycles. The number of hydrogen-bond acceptors (Lipinski definition) is 2. The summed E-state index contributed by atoms with van der Waals surface area (Å²) in [6.45, 7) is 0. The molecule has 3 aromatic rings. The smallest absolute Gasteiger partial charge is 0.123 e. The number of nitrogens with zero attached hydrogens (tertiary/aromatic N) is 3. The van der Waals surface area contributed by atoms with Crippen LogP contribution in [-0.4, -0.2) is 19.0 Å². The fourth-order valence-corrected chi connectivity index (χ4v) is 4.05. The van der Waals surface area contributed by atoms with Gasteiger partial charge in [-0.1, -0.05) is 22.6 Å². The van der Waals surface area contributed by atoms with Crippen LogP contribution in [0.15, 0.2) is 48.8 Å². The predicted molar refractivity (Wildman–Crippen MR) is 97.1 cm³/mol. The number of halogens is 2. The Balaban J connectivity index is 1.95. The minimum atomic E-state index is -0.226. The number of aryl methyl sites for hydroxylation is 1. The van der Waals surface area contributed by atoms with Crippen LogP contribution >= 0.6 is 22.6 Å². The van der Waals surface area contributed by atoms with Gasteiger partial charge in [0.2, 0.25) is 0 Å². The molecule has 0 spiro atoms. The van der Waals surface area contributed by atoms with Crippen LogP contribution in [0.5, 0.6) is 0 Å². The van der Waals surface area contributed by atoms with E-state index >= 15 is 0 Å². The molecule has 0 saturated carbocycles. The van der Waals surface area contributed by atoms with Crippen LogP contribution in [-0.2, 0) is 6.42 Å². The number of rotatable bonds is 3. The van der Waals surface area contributed by atoms with Gasteiger partial charge in [-0.05, 0) is 42.8 Å². The first-order valence-corrected chi connectivity index (χ1v) is 9.14. The first kappa shape index (κ1) is 14.8. The van der Waals surface area contributed by atoms with Crippen molar-refractivity contribution in [2.24, 2.45) is 0 Å². The second-order valence-electron chi connectivity index (χ2n) is 5.68. The number of pyridine rings is 1. The third kappa shape index (κ3) is 2.56. The molecule has 5 heteroatoms. The molecule has 2 aromatic heterocycles. The molecule has 0 saturated heterocycles. The summed E-state index contributed by atoms with van der Waals surface area (Å²) in [6.07, 6.45) is 5.73. The summed E-state index contributed by atoms with van der Waals surface area (Å²) < 4.78 is 16.7. The van der Waals surface area contributed by atoms with E-state index in [1.165, 1.54) is 12.1 Å². The molecule has 1 aliphatic heterocycles. The molecule has 116 valence electrons. The molecule has 0 unspecified atom stereocenters. The van der Waals surface area contributed by atoms with Crippen molar-refractivity contribution in [3.05, 3.63) is 60.4 Å². The van der Waals surface area contributed by atoms with Gasteiger partial charge in [0.15, 0.2) is 0 Å². The lowest BCUT2D eigenvalue weighted by atomic mass is 10.0. The molecule has 0 radical (unpaired) electrons. The quantitative estimate of drug-likeness (QED) is 0.456. The molecule has 3 nitrogen and oxygen atoms in total. The zero-order chi connectivity index (χ0) is 15.8. The van der Waals surface area contributed by atoms with Gasteiger partial charge in [0.25, 0.3) is 0 Å². The number of imidazole rings is 1. The highest BCUT2D eigenvalue weighted by atomic mass is 127. The Morgan fingerprint density at radius 3 is 2.52 bits per heavy atom. The summed E-state index contributed by atoms with van der Waals surface area (Å²) in [5.74, 6) is 0.897. The zero-order valence-corrected chi connectivity index (χ0v) is 14.6. The summed E-state index contributed by atoms with van der Waals surface area (Å²) in [5.41, 5.74) is 4.11. The van der Waals surface area contributed by atoms with Crippen molar-refractivity contribution in [2.75, 3.05) is 4.43 Å². The molecular formula is C18H15FIN3. The fraction of sp³-hybridized carbons (Fsp3) is 0.222. The van der Waals surface area contributed by atoms with Gasteiger partial charge >= 0.3 is 0 Å². The summed E-state index contributed by atoms with van der Waals surface area (Å²) >= 11 is 2.44. The number of hydrogen-bond donors (Lipinski definition) is 0. The largest absolute Gasteiger partial charge is 0.324 e. The average Bonchev–Trinajstić information content (AvgIpc) is 3.15. The number of alkyl halides is 1. The Bertz CT molecular complexity index is 827. The first-order valence-electron chi connectivity index (χ1n) is 7.61. The standard InChI is InChI=1S/C18H15FIN3/c19-14-3-1-12(2-4-14)17-18(13-7-9-21-10-8-13)23-15(11-20)5-6-16(23)22-17/h1-4,7-10,15H,5-6,11H2/t15-/m0/s1. The van der Waals surface area contributed by atoms with E-state index in [1.54, 1.807) is 24.5 Å². The third-order valence-electron chi connectivity index (χ3n) is 4.30. The summed E-state index contributed by atoms with van der Waals surface area (Å²) in [6, 6.07) is 11.1. The lowest BCUT2D eigenvalue weighted by Gasteiger charge is -2.15. The Morgan fingerprint density at radius 2 is 1.83 bits per heavy atom. The second kappa shape index (κ2) is 6.03. The fourth-order valence-electron chi connectivity index (χ4n) is 3.21.